The van der Waals surface area contributed by atoms with Gasteiger partial charge in [-0.25, -0.2) is 4.98 Å². The first-order chi connectivity index (χ1) is 5.38. The van der Waals surface area contributed by atoms with Crippen molar-refractivity contribution in [1.29, 1.82) is 0 Å². The van der Waals surface area contributed by atoms with Gasteiger partial charge in [-0.1, -0.05) is 0 Å². The number of imidazole rings is 1. The molecule has 0 aliphatic heterocycles. The van der Waals surface area contributed by atoms with E-state index in [0.717, 1.165) is 23.9 Å². The predicted molar refractivity (Wildman–Crippen MR) is 51.8 cm³/mol. The summed E-state index contributed by atoms with van der Waals surface area (Å²) in [5.74, 6) is 2.53. The van der Waals surface area contributed by atoms with Crippen LogP contribution in [0.5, 0.6) is 0 Å². The maximum absolute atomic E-state index is 5.62. The lowest BCUT2D eigenvalue weighted by molar-refractivity contribution is 0.782. The first kappa shape index (κ1) is 9.87. The molecule has 1 aromatic rings. The van der Waals surface area contributed by atoms with Crippen molar-refractivity contribution >= 4 is 24.0 Å². The van der Waals surface area contributed by atoms with Gasteiger partial charge in [-0.3, -0.25) is 0 Å². The molecule has 0 saturated heterocycles. The topological polar surface area (TPSA) is 28.7 Å². The van der Waals surface area contributed by atoms with Crippen LogP contribution in [0.2, 0.25) is 0 Å². The summed E-state index contributed by atoms with van der Waals surface area (Å²) in [5, 5.41) is 0. The van der Waals surface area contributed by atoms with Gasteiger partial charge < -0.3 is 4.98 Å². The van der Waals surface area contributed by atoms with Gasteiger partial charge in [0.05, 0.1) is 5.88 Å². The molecule has 0 amide bonds. The molecule has 0 radical (unpaired) electrons. The van der Waals surface area contributed by atoms with E-state index in [1.165, 1.54) is 12.8 Å². The molecule has 0 unspecified atom stereocenters. The molecule has 1 N–H and O–H groups in total. The molecule has 1 heterocycles. The molecule has 1 aliphatic rings. The molecule has 1 aliphatic carbocycles. The average Bonchev–Trinajstić information content (AvgIpc) is 2.68. The highest BCUT2D eigenvalue weighted by Crippen LogP contribution is 2.31. The Labute approximate surface area is 83.1 Å². The van der Waals surface area contributed by atoms with Crippen molar-refractivity contribution in [3.63, 3.8) is 0 Å². The van der Waals surface area contributed by atoms with E-state index in [2.05, 4.69) is 9.97 Å². The van der Waals surface area contributed by atoms with Gasteiger partial charge in [-0.05, 0) is 18.8 Å². The first-order valence-electron chi connectivity index (χ1n) is 3.97. The maximum Gasteiger partial charge on any atom is 0.106 e. The van der Waals surface area contributed by atoms with E-state index in [4.69, 9.17) is 11.6 Å². The number of aromatic nitrogens is 2. The molecule has 0 atom stereocenters. The summed E-state index contributed by atoms with van der Waals surface area (Å²) in [4.78, 5) is 7.42. The van der Waals surface area contributed by atoms with E-state index in [9.17, 15) is 0 Å². The summed E-state index contributed by atoms with van der Waals surface area (Å²) >= 11 is 5.62. The number of nitrogens with one attached hydrogen (secondary N) is 1. The molecule has 68 valence electrons. The number of hydrogen-bond acceptors (Lipinski definition) is 1. The molecule has 0 aromatic carbocycles. The lowest BCUT2D eigenvalue weighted by atomic mass is 10.3. The highest BCUT2D eigenvalue weighted by Gasteiger charge is 2.22. The van der Waals surface area contributed by atoms with Crippen LogP contribution in [-0.4, -0.2) is 9.97 Å². The van der Waals surface area contributed by atoms with Crippen LogP contribution in [0.25, 0.3) is 0 Å². The first-order valence-corrected chi connectivity index (χ1v) is 4.50. The van der Waals surface area contributed by atoms with Gasteiger partial charge in [0.1, 0.15) is 5.82 Å². The van der Waals surface area contributed by atoms with E-state index in [1.807, 2.05) is 6.20 Å². The fourth-order valence-corrected chi connectivity index (χ4v) is 1.31. The van der Waals surface area contributed by atoms with Gasteiger partial charge in [0.2, 0.25) is 0 Å². The largest absolute Gasteiger partial charge is 0.345 e. The second-order valence-corrected chi connectivity index (χ2v) is 3.40. The Morgan fingerprint density at radius 2 is 2.33 bits per heavy atom. The average molecular weight is 207 g/mol. The van der Waals surface area contributed by atoms with Crippen molar-refractivity contribution in [1.82, 2.24) is 9.97 Å². The third kappa shape index (κ3) is 2.39. The third-order valence-corrected chi connectivity index (χ3v) is 2.29. The van der Waals surface area contributed by atoms with E-state index in [1.54, 1.807) is 0 Å². The minimum atomic E-state index is 0. The molecule has 2 nitrogen and oxygen atoms in total. The Hall–Kier alpha value is -0.210. The van der Waals surface area contributed by atoms with Crippen LogP contribution >= 0.6 is 24.0 Å². The highest BCUT2D eigenvalue weighted by atomic mass is 35.5. The van der Waals surface area contributed by atoms with Crippen LogP contribution in [-0.2, 0) is 12.3 Å². The molecule has 0 bridgehead atoms. The summed E-state index contributed by atoms with van der Waals surface area (Å²) in [5.41, 5.74) is 1.03. The Bertz CT molecular complexity index is 243. The number of alkyl halides is 1. The zero-order valence-corrected chi connectivity index (χ0v) is 8.29. The van der Waals surface area contributed by atoms with E-state index in [-0.39, 0.29) is 12.4 Å². The van der Waals surface area contributed by atoms with Gasteiger partial charge in [-0.2, -0.15) is 0 Å². The van der Waals surface area contributed by atoms with Crippen LogP contribution in [0.3, 0.4) is 0 Å². The van der Waals surface area contributed by atoms with Gasteiger partial charge >= 0.3 is 0 Å². The van der Waals surface area contributed by atoms with Crippen molar-refractivity contribution < 1.29 is 0 Å². The van der Waals surface area contributed by atoms with Crippen molar-refractivity contribution in [3.05, 3.63) is 17.7 Å². The number of aromatic amines is 1. The number of halogens is 2. The highest BCUT2D eigenvalue weighted by molar-refractivity contribution is 6.16. The number of rotatable bonds is 3. The Kier molecular flexibility index (Phi) is 3.41. The smallest absolute Gasteiger partial charge is 0.106 e. The fourth-order valence-electron chi connectivity index (χ4n) is 1.17. The number of hydrogen-bond donors (Lipinski definition) is 1. The molecule has 2 rings (SSSR count). The van der Waals surface area contributed by atoms with E-state index < -0.39 is 0 Å². The molecular formula is C8H12Cl2N2. The second kappa shape index (κ2) is 4.15. The molecule has 0 spiro atoms. The van der Waals surface area contributed by atoms with Gasteiger partial charge in [0.25, 0.3) is 0 Å². The zero-order chi connectivity index (χ0) is 7.68. The Morgan fingerprint density at radius 1 is 1.58 bits per heavy atom. The predicted octanol–water partition coefficient (Wildman–Crippen LogP) is 2.52. The zero-order valence-electron chi connectivity index (χ0n) is 6.72. The Balaban J connectivity index is 0.000000720. The standard InChI is InChI=1S/C8H11ClN2.ClH/c9-4-7-5-10-8(11-7)3-6-1-2-6;/h5-6H,1-4H2,(H,10,11);1H. The van der Waals surface area contributed by atoms with Crippen molar-refractivity contribution in [3.8, 4) is 0 Å². The van der Waals surface area contributed by atoms with E-state index in [0.29, 0.717) is 5.88 Å². The van der Waals surface area contributed by atoms with E-state index >= 15 is 0 Å². The van der Waals surface area contributed by atoms with Crippen LogP contribution < -0.4 is 0 Å². The van der Waals surface area contributed by atoms with Gasteiger partial charge in [0, 0.05) is 18.3 Å². The lowest BCUT2D eigenvalue weighted by Gasteiger charge is -1.90. The minimum Gasteiger partial charge on any atom is -0.345 e. The molecule has 4 heteroatoms. The maximum atomic E-state index is 5.62. The van der Waals surface area contributed by atoms with Crippen molar-refractivity contribution in [2.45, 2.75) is 25.1 Å². The van der Waals surface area contributed by atoms with Crippen molar-refractivity contribution in [2.75, 3.05) is 0 Å². The second-order valence-electron chi connectivity index (χ2n) is 3.14. The SMILES string of the molecule is Cl.ClCc1cnc(CC2CC2)[nH]1. The summed E-state index contributed by atoms with van der Waals surface area (Å²) in [6.45, 7) is 0. The van der Waals surface area contributed by atoms with Crippen molar-refractivity contribution in [2.24, 2.45) is 5.92 Å². The van der Waals surface area contributed by atoms with Crippen LogP contribution in [0.4, 0.5) is 0 Å². The van der Waals surface area contributed by atoms with Crippen LogP contribution in [0, 0.1) is 5.92 Å². The number of H-pyrrole nitrogens is 1. The monoisotopic (exact) mass is 206 g/mol. The quantitative estimate of drug-likeness (QED) is 0.758. The lowest BCUT2D eigenvalue weighted by Crippen LogP contribution is -1.89. The molecule has 12 heavy (non-hydrogen) atoms. The fraction of sp³-hybridized carbons (Fsp3) is 0.625. The Morgan fingerprint density at radius 3 is 2.83 bits per heavy atom. The minimum absolute atomic E-state index is 0. The normalized spacial score (nSPS) is 15.8. The summed E-state index contributed by atoms with van der Waals surface area (Å²) in [6.07, 6.45) is 5.68. The van der Waals surface area contributed by atoms with Crippen LogP contribution in [0.15, 0.2) is 6.20 Å². The third-order valence-electron chi connectivity index (χ3n) is 2.00. The summed E-state index contributed by atoms with van der Waals surface area (Å²) in [7, 11) is 0. The van der Waals surface area contributed by atoms with Crippen LogP contribution in [0.1, 0.15) is 24.4 Å². The molecule has 1 saturated carbocycles. The van der Waals surface area contributed by atoms with Gasteiger partial charge in [0.15, 0.2) is 0 Å². The molecular weight excluding hydrogens is 195 g/mol. The summed E-state index contributed by atoms with van der Waals surface area (Å²) < 4.78 is 0. The summed E-state index contributed by atoms with van der Waals surface area (Å²) in [6, 6.07) is 0. The molecule has 1 fully saturated rings. The van der Waals surface area contributed by atoms with Gasteiger partial charge in [-0.15, -0.1) is 24.0 Å². The molecule has 1 aromatic heterocycles. The number of nitrogens with zero attached hydrogens (tertiary/aromatic N) is 1.